The summed E-state index contributed by atoms with van der Waals surface area (Å²) in [6.45, 7) is 6.04. The third kappa shape index (κ3) is 4.72. The third-order valence-corrected chi connectivity index (χ3v) is 7.18. The number of likely N-dealkylation sites (tertiary alicyclic amines) is 1. The number of hydrogen-bond acceptors (Lipinski definition) is 6. The minimum Gasteiger partial charge on any atom is -0.380 e. The van der Waals surface area contributed by atoms with Gasteiger partial charge in [-0.15, -0.1) is 0 Å². The summed E-state index contributed by atoms with van der Waals surface area (Å²) in [6.07, 6.45) is 2.63. The van der Waals surface area contributed by atoms with E-state index in [0.717, 1.165) is 30.6 Å². The van der Waals surface area contributed by atoms with Gasteiger partial charge in [0.25, 0.3) is 0 Å². The molecular weight excluding hydrogens is 479 g/mol. The fourth-order valence-corrected chi connectivity index (χ4v) is 5.09. The lowest BCUT2D eigenvalue weighted by atomic mass is 9.96. The van der Waals surface area contributed by atoms with Crippen molar-refractivity contribution in [2.75, 3.05) is 39.2 Å². The number of fused-ring (bicyclic) bond motifs is 2. The molecule has 2 aromatic carbocycles. The van der Waals surface area contributed by atoms with E-state index in [2.05, 4.69) is 45.7 Å². The number of piperidine rings is 1. The van der Waals surface area contributed by atoms with Crippen molar-refractivity contribution in [2.24, 2.45) is 11.3 Å². The van der Waals surface area contributed by atoms with Gasteiger partial charge in [-0.25, -0.2) is 14.4 Å². The lowest BCUT2D eigenvalue weighted by molar-refractivity contribution is -0.115. The number of carbonyl (C=O) groups is 1. The van der Waals surface area contributed by atoms with Gasteiger partial charge in [0.1, 0.15) is 12.1 Å². The van der Waals surface area contributed by atoms with Gasteiger partial charge in [-0.1, -0.05) is 36.1 Å². The second kappa shape index (κ2) is 9.62. The van der Waals surface area contributed by atoms with Gasteiger partial charge in [-0.2, -0.15) is 0 Å². The molecule has 0 amide bonds. The summed E-state index contributed by atoms with van der Waals surface area (Å²) in [5.41, 5.74) is 2.74. The number of hydrogen-bond donors (Lipinski definition) is 1. The van der Waals surface area contributed by atoms with Gasteiger partial charge in [0.2, 0.25) is 0 Å². The molecule has 0 spiro atoms. The van der Waals surface area contributed by atoms with Crippen LogP contribution in [0.25, 0.3) is 10.9 Å². The zero-order valence-electron chi connectivity index (χ0n) is 20.2. The molecule has 2 aliphatic rings. The number of rotatable bonds is 7. The van der Waals surface area contributed by atoms with Crippen LogP contribution >= 0.6 is 11.6 Å². The molecule has 6 nitrogen and oxygen atoms in total. The molecule has 36 heavy (non-hydrogen) atoms. The van der Waals surface area contributed by atoms with Crippen LogP contribution in [0.2, 0.25) is 5.02 Å². The molecule has 2 heterocycles. The standard InChI is InChI=1S/C28H26ClFN4O2/c1-17(14-36-3)25(35)11-19-9-21-24(10-18(19)7-8-28-12-20(28)13-34(2)15-28)31-16-32-27(21)33-23-6-4-5-22(29)26(23)30/h4-6,9-10,16,20H,1,11-15H2,2-3H3,(H,31,32,33)/t20-,28+/m1/s1. The minimum absolute atomic E-state index is 0.00850. The van der Waals surface area contributed by atoms with E-state index in [1.807, 2.05) is 12.1 Å². The first-order valence-electron chi connectivity index (χ1n) is 11.7. The summed E-state index contributed by atoms with van der Waals surface area (Å²) in [7, 11) is 3.64. The molecule has 2 fully saturated rings. The summed E-state index contributed by atoms with van der Waals surface area (Å²) in [5, 5.41) is 3.67. The Hall–Kier alpha value is -3.31. The number of aromatic nitrogens is 2. The first-order valence-corrected chi connectivity index (χ1v) is 12.1. The predicted octanol–water partition coefficient (Wildman–Crippen LogP) is 4.78. The number of ether oxygens (including phenoxy) is 1. The highest BCUT2D eigenvalue weighted by molar-refractivity contribution is 6.31. The van der Waals surface area contributed by atoms with Crippen LogP contribution in [-0.2, 0) is 16.0 Å². The van der Waals surface area contributed by atoms with E-state index in [1.165, 1.54) is 19.5 Å². The summed E-state index contributed by atoms with van der Waals surface area (Å²) >= 11 is 5.95. The third-order valence-electron chi connectivity index (χ3n) is 6.89. The number of benzene rings is 2. The summed E-state index contributed by atoms with van der Waals surface area (Å²) < 4.78 is 19.6. The van der Waals surface area contributed by atoms with Gasteiger partial charge >= 0.3 is 0 Å². The van der Waals surface area contributed by atoms with E-state index in [-0.39, 0.29) is 34.9 Å². The molecule has 1 aliphatic heterocycles. The fourth-order valence-electron chi connectivity index (χ4n) is 4.91. The van der Waals surface area contributed by atoms with Crippen LogP contribution in [-0.4, -0.2) is 54.5 Å². The topological polar surface area (TPSA) is 67.3 Å². The van der Waals surface area contributed by atoms with Crippen LogP contribution < -0.4 is 5.32 Å². The monoisotopic (exact) mass is 504 g/mol. The molecule has 8 heteroatoms. The van der Waals surface area contributed by atoms with Crippen molar-refractivity contribution < 1.29 is 13.9 Å². The summed E-state index contributed by atoms with van der Waals surface area (Å²) in [4.78, 5) is 23.9. The van der Waals surface area contributed by atoms with Gasteiger partial charge in [-0.05, 0) is 49.2 Å². The van der Waals surface area contributed by atoms with E-state index < -0.39 is 5.82 Å². The Bertz CT molecular complexity index is 1450. The zero-order valence-corrected chi connectivity index (χ0v) is 21.0. The highest BCUT2D eigenvalue weighted by Crippen LogP contribution is 2.56. The molecule has 3 aromatic rings. The van der Waals surface area contributed by atoms with Gasteiger partial charge < -0.3 is 15.0 Å². The second-order valence-electron chi connectivity index (χ2n) is 9.62. The van der Waals surface area contributed by atoms with Gasteiger partial charge in [0, 0.05) is 48.6 Å². The number of anilines is 2. The Morgan fingerprint density at radius 3 is 2.97 bits per heavy atom. The molecule has 1 saturated carbocycles. The summed E-state index contributed by atoms with van der Waals surface area (Å²) in [6, 6.07) is 8.44. The van der Waals surface area contributed by atoms with E-state index in [0.29, 0.717) is 28.2 Å². The summed E-state index contributed by atoms with van der Waals surface area (Å²) in [5.74, 6) is 7.18. The molecule has 0 bridgehead atoms. The minimum atomic E-state index is -0.570. The molecule has 2 atom stereocenters. The quantitative estimate of drug-likeness (QED) is 0.369. The Kier molecular flexibility index (Phi) is 6.52. The first-order chi connectivity index (χ1) is 17.3. The molecule has 184 valence electrons. The zero-order chi connectivity index (χ0) is 25.4. The van der Waals surface area contributed by atoms with Crippen molar-refractivity contribution in [3.05, 3.63) is 70.8 Å². The molecule has 1 saturated heterocycles. The maximum atomic E-state index is 14.6. The maximum Gasteiger partial charge on any atom is 0.165 e. The highest BCUT2D eigenvalue weighted by atomic mass is 35.5. The van der Waals surface area contributed by atoms with Crippen molar-refractivity contribution in [1.82, 2.24) is 14.9 Å². The number of carbonyl (C=O) groups excluding carboxylic acids is 1. The lowest BCUT2D eigenvalue weighted by Gasteiger charge is -2.13. The van der Waals surface area contributed by atoms with Crippen molar-refractivity contribution >= 4 is 39.8 Å². The van der Waals surface area contributed by atoms with Gasteiger partial charge in [0.05, 0.1) is 22.8 Å². The Morgan fingerprint density at radius 1 is 1.39 bits per heavy atom. The lowest BCUT2D eigenvalue weighted by Crippen LogP contribution is -2.19. The molecule has 0 unspecified atom stereocenters. The van der Waals surface area contributed by atoms with Crippen LogP contribution in [0.5, 0.6) is 0 Å². The van der Waals surface area contributed by atoms with Crippen molar-refractivity contribution in [1.29, 1.82) is 0 Å². The maximum absolute atomic E-state index is 14.6. The largest absolute Gasteiger partial charge is 0.380 e. The van der Waals surface area contributed by atoms with Crippen LogP contribution in [0.15, 0.2) is 48.8 Å². The van der Waals surface area contributed by atoms with Crippen LogP contribution in [0.4, 0.5) is 15.9 Å². The van der Waals surface area contributed by atoms with Crippen LogP contribution in [0, 0.1) is 29.0 Å². The molecule has 0 radical (unpaired) electrons. The van der Waals surface area contributed by atoms with Gasteiger partial charge in [-0.3, -0.25) is 4.79 Å². The highest BCUT2D eigenvalue weighted by Gasteiger charge is 2.58. The Labute approximate surface area is 214 Å². The second-order valence-corrected chi connectivity index (χ2v) is 10.0. The van der Waals surface area contributed by atoms with Crippen LogP contribution in [0.3, 0.4) is 0 Å². The fraction of sp³-hybridized carbons (Fsp3) is 0.321. The SMILES string of the molecule is C=C(COC)C(=O)Cc1cc2c(Nc3cccc(Cl)c3F)ncnc2cc1C#C[C@@]12C[C@@H]1CN(C)C2. The molecule has 1 aliphatic carbocycles. The Morgan fingerprint density at radius 2 is 2.22 bits per heavy atom. The average molecular weight is 505 g/mol. The van der Waals surface area contributed by atoms with E-state index in [9.17, 15) is 9.18 Å². The number of methoxy groups -OCH3 is 1. The van der Waals surface area contributed by atoms with E-state index in [4.69, 9.17) is 16.3 Å². The average Bonchev–Trinajstić information content (AvgIpc) is 3.41. The van der Waals surface area contributed by atoms with Gasteiger partial charge in [0.15, 0.2) is 11.6 Å². The van der Waals surface area contributed by atoms with Crippen LogP contribution in [0.1, 0.15) is 17.5 Å². The van der Waals surface area contributed by atoms with Crippen molar-refractivity contribution in [3.8, 4) is 11.8 Å². The molecule has 1 N–H and O–H groups in total. The van der Waals surface area contributed by atoms with Crippen molar-refractivity contribution in [2.45, 2.75) is 12.8 Å². The number of halogens is 2. The first kappa shape index (κ1) is 24.4. The molecular formula is C28H26ClFN4O2. The molecule has 1 aromatic heterocycles. The molecule has 5 rings (SSSR count). The predicted molar refractivity (Wildman–Crippen MR) is 139 cm³/mol. The number of ketones is 1. The normalized spacial score (nSPS) is 20.5. The smallest absolute Gasteiger partial charge is 0.165 e. The van der Waals surface area contributed by atoms with E-state index >= 15 is 0 Å². The van der Waals surface area contributed by atoms with Crippen molar-refractivity contribution in [3.63, 3.8) is 0 Å². The number of nitrogens with one attached hydrogen (secondary N) is 1. The van der Waals surface area contributed by atoms with E-state index in [1.54, 1.807) is 12.1 Å². The number of nitrogens with zero attached hydrogens (tertiary/aromatic N) is 3. The Balaban J connectivity index is 1.56. The number of Topliss-reactive ketones (excluding diaryl/α,β-unsaturated/α-hetero) is 1.